The van der Waals surface area contributed by atoms with E-state index in [0.29, 0.717) is 16.9 Å². The number of benzene rings is 1. The number of hydrogen-bond donors (Lipinski definition) is 3. The SMILES string of the molecule is CCN1CCCC(NC(=O)c2ccc(-c3cnc(N)c(C(=O)Nc4cccnc4)n3)cc2)C1. The summed E-state index contributed by atoms with van der Waals surface area (Å²) in [5.74, 6) is -0.534. The maximum Gasteiger partial charge on any atom is 0.278 e. The molecule has 0 saturated carbocycles. The third-order valence-corrected chi connectivity index (χ3v) is 5.67. The van der Waals surface area contributed by atoms with Crippen LogP contribution in [0.3, 0.4) is 0 Å². The number of nitrogens with two attached hydrogens (primary N) is 1. The van der Waals surface area contributed by atoms with E-state index in [-0.39, 0.29) is 23.5 Å². The van der Waals surface area contributed by atoms with E-state index in [0.717, 1.165) is 38.0 Å². The number of amides is 2. The first-order chi connectivity index (χ1) is 16.0. The predicted octanol–water partition coefficient (Wildman–Crippen LogP) is 2.59. The van der Waals surface area contributed by atoms with Gasteiger partial charge in [0.1, 0.15) is 0 Å². The fourth-order valence-electron chi connectivity index (χ4n) is 3.85. The molecule has 1 saturated heterocycles. The van der Waals surface area contributed by atoms with Gasteiger partial charge in [0.2, 0.25) is 0 Å². The second-order valence-electron chi connectivity index (χ2n) is 7.97. The normalized spacial score (nSPS) is 16.2. The van der Waals surface area contributed by atoms with E-state index in [4.69, 9.17) is 5.73 Å². The van der Waals surface area contributed by atoms with Crippen molar-refractivity contribution in [3.63, 3.8) is 0 Å². The number of likely N-dealkylation sites (tertiary alicyclic amines) is 1. The molecule has 9 nitrogen and oxygen atoms in total. The summed E-state index contributed by atoms with van der Waals surface area (Å²) in [5.41, 5.74) is 8.23. The molecule has 1 aliphatic heterocycles. The molecular weight excluding hydrogens is 418 g/mol. The minimum atomic E-state index is -0.473. The van der Waals surface area contributed by atoms with Crippen molar-refractivity contribution in [3.8, 4) is 11.3 Å². The Hall–Kier alpha value is -3.85. The van der Waals surface area contributed by atoms with Gasteiger partial charge < -0.3 is 21.3 Å². The van der Waals surface area contributed by atoms with E-state index in [1.54, 1.807) is 42.6 Å². The summed E-state index contributed by atoms with van der Waals surface area (Å²) in [6.45, 7) is 5.09. The summed E-state index contributed by atoms with van der Waals surface area (Å²) in [5, 5.41) is 5.84. The lowest BCUT2D eigenvalue weighted by Gasteiger charge is -2.32. The average Bonchev–Trinajstić information content (AvgIpc) is 2.85. The van der Waals surface area contributed by atoms with Crippen molar-refractivity contribution in [3.05, 3.63) is 66.2 Å². The molecule has 33 heavy (non-hydrogen) atoms. The van der Waals surface area contributed by atoms with Gasteiger partial charge in [0.05, 0.1) is 23.8 Å². The molecule has 1 aliphatic rings. The molecule has 3 heterocycles. The van der Waals surface area contributed by atoms with Crippen LogP contribution in [0.15, 0.2) is 55.0 Å². The maximum atomic E-state index is 12.7. The number of hydrogen-bond acceptors (Lipinski definition) is 7. The van der Waals surface area contributed by atoms with Crippen molar-refractivity contribution in [1.82, 2.24) is 25.2 Å². The molecule has 1 aromatic carbocycles. The van der Waals surface area contributed by atoms with Gasteiger partial charge in [-0.05, 0) is 50.2 Å². The molecule has 4 N–H and O–H groups in total. The summed E-state index contributed by atoms with van der Waals surface area (Å²) >= 11 is 0. The van der Waals surface area contributed by atoms with Crippen molar-refractivity contribution in [2.24, 2.45) is 0 Å². The minimum Gasteiger partial charge on any atom is -0.382 e. The monoisotopic (exact) mass is 445 g/mol. The third-order valence-electron chi connectivity index (χ3n) is 5.67. The summed E-state index contributed by atoms with van der Waals surface area (Å²) in [6, 6.07) is 10.7. The number of rotatable bonds is 6. The van der Waals surface area contributed by atoms with Crippen LogP contribution in [0.2, 0.25) is 0 Å². The molecule has 0 aliphatic carbocycles. The quantitative estimate of drug-likeness (QED) is 0.532. The van der Waals surface area contributed by atoms with Crippen LogP contribution < -0.4 is 16.4 Å². The Bertz CT molecular complexity index is 1120. The third kappa shape index (κ3) is 5.50. The highest BCUT2D eigenvalue weighted by Gasteiger charge is 2.21. The number of anilines is 2. The van der Waals surface area contributed by atoms with E-state index < -0.39 is 5.91 Å². The molecule has 2 aromatic heterocycles. The van der Waals surface area contributed by atoms with E-state index in [1.807, 2.05) is 0 Å². The topological polar surface area (TPSA) is 126 Å². The standard InChI is InChI=1S/C24H27N7O2/c1-2-31-12-4-6-19(15-31)29-23(32)17-9-7-16(8-10-17)20-14-27-22(25)21(30-20)24(33)28-18-5-3-11-26-13-18/h3,5,7-11,13-14,19H,2,4,6,12,15H2,1H3,(H2,25,27)(H,28,33)(H,29,32). The predicted molar refractivity (Wildman–Crippen MR) is 127 cm³/mol. The molecule has 0 radical (unpaired) electrons. The molecule has 1 atom stereocenters. The Morgan fingerprint density at radius 2 is 1.97 bits per heavy atom. The summed E-state index contributed by atoms with van der Waals surface area (Å²) < 4.78 is 0. The number of likely N-dealkylation sites (N-methyl/N-ethyl adjacent to an activating group) is 1. The van der Waals surface area contributed by atoms with Gasteiger partial charge in [0.25, 0.3) is 11.8 Å². The molecule has 4 rings (SSSR count). The van der Waals surface area contributed by atoms with Crippen LogP contribution in [-0.4, -0.2) is 57.3 Å². The number of piperidine rings is 1. The second kappa shape index (κ2) is 10.2. The van der Waals surface area contributed by atoms with Crippen LogP contribution >= 0.6 is 0 Å². The number of nitrogen functional groups attached to an aromatic ring is 1. The first-order valence-electron chi connectivity index (χ1n) is 11.0. The lowest BCUT2D eigenvalue weighted by Crippen LogP contribution is -2.47. The molecule has 1 fully saturated rings. The zero-order chi connectivity index (χ0) is 23.2. The minimum absolute atomic E-state index is 0.0240. The molecule has 1 unspecified atom stereocenters. The van der Waals surface area contributed by atoms with Crippen LogP contribution in [0.5, 0.6) is 0 Å². The van der Waals surface area contributed by atoms with Crippen molar-refractivity contribution in [2.45, 2.75) is 25.8 Å². The Kier molecular flexibility index (Phi) is 6.89. The van der Waals surface area contributed by atoms with Gasteiger partial charge >= 0.3 is 0 Å². The number of nitrogens with zero attached hydrogens (tertiary/aromatic N) is 4. The largest absolute Gasteiger partial charge is 0.382 e. The van der Waals surface area contributed by atoms with E-state index in [2.05, 4.69) is 37.4 Å². The molecule has 170 valence electrons. The highest BCUT2D eigenvalue weighted by atomic mass is 16.2. The fraction of sp³-hybridized carbons (Fsp3) is 0.292. The van der Waals surface area contributed by atoms with Crippen LogP contribution in [0.25, 0.3) is 11.3 Å². The smallest absolute Gasteiger partial charge is 0.278 e. The zero-order valence-corrected chi connectivity index (χ0v) is 18.5. The first kappa shape index (κ1) is 22.3. The maximum absolute atomic E-state index is 12.7. The van der Waals surface area contributed by atoms with Crippen molar-refractivity contribution in [1.29, 1.82) is 0 Å². The van der Waals surface area contributed by atoms with Crippen molar-refractivity contribution < 1.29 is 9.59 Å². The Labute approximate surface area is 192 Å². The van der Waals surface area contributed by atoms with E-state index >= 15 is 0 Å². The fourth-order valence-corrected chi connectivity index (χ4v) is 3.85. The zero-order valence-electron chi connectivity index (χ0n) is 18.5. The van der Waals surface area contributed by atoms with Gasteiger partial charge in [0, 0.05) is 29.9 Å². The van der Waals surface area contributed by atoms with Gasteiger partial charge in [-0.1, -0.05) is 19.1 Å². The number of nitrogens with one attached hydrogen (secondary N) is 2. The van der Waals surface area contributed by atoms with Gasteiger partial charge in [-0.25, -0.2) is 9.97 Å². The lowest BCUT2D eigenvalue weighted by molar-refractivity contribution is 0.0905. The highest BCUT2D eigenvalue weighted by Crippen LogP contribution is 2.20. The molecule has 3 aromatic rings. The van der Waals surface area contributed by atoms with Gasteiger partial charge in [0.15, 0.2) is 11.5 Å². The van der Waals surface area contributed by atoms with Crippen LogP contribution in [0.4, 0.5) is 11.5 Å². The van der Waals surface area contributed by atoms with Crippen LogP contribution in [0.1, 0.15) is 40.6 Å². The first-order valence-corrected chi connectivity index (χ1v) is 11.0. The Morgan fingerprint density at radius 3 is 2.70 bits per heavy atom. The lowest BCUT2D eigenvalue weighted by atomic mass is 10.0. The second-order valence-corrected chi connectivity index (χ2v) is 7.97. The highest BCUT2D eigenvalue weighted by molar-refractivity contribution is 6.05. The molecule has 0 bridgehead atoms. The summed E-state index contributed by atoms with van der Waals surface area (Å²) in [7, 11) is 0. The molecule has 2 amide bonds. The van der Waals surface area contributed by atoms with E-state index in [1.165, 1.54) is 12.4 Å². The van der Waals surface area contributed by atoms with Crippen LogP contribution in [0, 0.1) is 0 Å². The van der Waals surface area contributed by atoms with Gasteiger partial charge in [-0.15, -0.1) is 0 Å². The van der Waals surface area contributed by atoms with Crippen LogP contribution in [-0.2, 0) is 0 Å². The van der Waals surface area contributed by atoms with E-state index in [9.17, 15) is 9.59 Å². The summed E-state index contributed by atoms with van der Waals surface area (Å²) in [4.78, 5) is 40.1. The Balaban J connectivity index is 1.45. The van der Waals surface area contributed by atoms with Crippen molar-refractivity contribution >= 4 is 23.3 Å². The average molecular weight is 446 g/mol. The summed E-state index contributed by atoms with van der Waals surface area (Å²) in [6.07, 6.45) is 6.73. The number of carbonyl (C=O) groups is 2. The van der Waals surface area contributed by atoms with Gasteiger partial charge in [-0.3, -0.25) is 14.6 Å². The molecular formula is C24H27N7O2. The Morgan fingerprint density at radius 1 is 1.15 bits per heavy atom. The molecule has 0 spiro atoms. The van der Waals surface area contributed by atoms with Crippen molar-refractivity contribution in [2.75, 3.05) is 30.7 Å². The number of carbonyl (C=O) groups excluding carboxylic acids is 2. The number of aromatic nitrogens is 3. The van der Waals surface area contributed by atoms with Gasteiger partial charge in [-0.2, -0.15) is 0 Å². The number of pyridine rings is 1. The molecule has 9 heteroatoms.